The average Bonchev–Trinajstić information content (AvgIpc) is 2.83. The number of rotatable bonds is 6. The summed E-state index contributed by atoms with van der Waals surface area (Å²) in [7, 11) is 0. The van der Waals surface area contributed by atoms with Gasteiger partial charge in [0.15, 0.2) is 0 Å². The van der Waals surface area contributed by atoms with E-state index in [0.717, 1.165) is 31.5 Å². The second-order valence-corrected chi connectivity index (χ2v) is 8.31. The standard InChI is InChI=1S/C27H26N4O3/c1-18-10-9-15-23(16-18)31-27(34)30(17-22-14-8-7-11-19(22)2)26(33)24(29-31)25(32)28-20(3)21-12-5-4-6-13-21/h4-16,20H,17H2,1-3H3,(H,28,32). The molecule has 172 valence electrons. The quantitative estimate of drug-likeness (QED) is 0.483. The summed E-state index contributed by atoms with van der Waals surface area (Å²) in [5.74, 6) is -0.638. The fraction of sp³-hybridized carbons (Fsp3) is 0.185. The first-order valence-electron chi connectivity index (χ1n) is 11.1. The molecular weight excluding hydrogens is 428 g/mol. The zero-order valence-electron chi connectivity index (χ0n) is 19.4. The van der Waals surface area contributed by atoms with Crippen molar-refractivity contribution in [1.29, 1.82) is 0 Å². The molecule has 0 fully saturated rings. The second kappa shape index (κ2) is 9.70. The smallest absolute Gasteiger partial charge is 0.344 e. The van der Waals surface area contributed by atoms with Gasteiger partial charge in [-0.1, -0.05) is 66.7 Å². The minimum atomic E-state index is -0.727. The zero-order valence-corrected chi connectivity index (χ0v) is 19.4. The lowest BCUT2D eigenvalue weighted by molar-refractivity contribution is 0.0930. The van der Waals surface area contributed by atoms with Crippen LogP contribution in [0.1, 0.15) is 45.7 Å². The van der Waals surface area contributed by atoms with Crippen LogP contribution in [0.25, 0.3) is 5.69 Å². The molecule has 0 aliphatic carbocycles. The van der Waals surface area contributed by atoms with Gasteiger partial charge in [0.2, 0.25) is 5.69 Å². The normalized spacial score (nSPS) is 11.7. The van der Waals surface area contributed by atoms with Crippen LogP contribution in [0.3, 0.4) is 0 Å². The third kappa shape index (κ3) is 4.73. The van der Waals surface area contributed by atoms with Gasteiger partial charge in [-0.3, -0.25) is 14.2 Å². The van der Waals surface area contributed by atoms with Crippen molar-refractivity contribution >= 4 is 5.91 Å². The molecule has 4 rings (SSSR count). The zero-order chi connectivity index (χ0) is 24.2. The van der Waals surface area contributed by atoms with Gasteiger partial charge in [0.1, 0.15) is 0 Å². The molecule has 0 aliphatic heterocycles. The lowest BCUT2D eigenvalue weighted by Crippen LogP contribution is -2.46. The number of aromatic nitrogens is 3. The third-order valence-corrected chi connectivity index (χ3v) is 5.76. The highest BCUT2D eigenvalue weighted by Crippen LogP contribution is 2.12. The molecule has 0 spiro atoms. The van der Waals surface area contributed by atoms with Crippen molar-refractivity contribution in [3.8, 4) is 5.69 Å². The van der Waals surface area contributed by atoms with Crippen molar-refractivity contribution in [2.24, 2.45) is 0 Å². The highest BCUT2D eigenvalue weighted by atomic mass is 16.2. The van der Waals surface area contributed by atoms with E-state index in [1.165, 1.54) is 0 Å². The number of hydrogen-bond acceptors (Lipinski definition) is 4. The molecule has 0 radical (unpaired) electrons. The number of nitrogens with one attached hydrogen (secondary N) is 1. The predicted octanol–water partition coefficient (Wildman–Crippen LogP) is 3.55. The van der Waals surface area contributed by atoms with Crippen LogP contribution < -0.4 is 16.6 Å². The van der Waals surface area contributed by atoms with Gasteiger partial charge in [-0.25, -0.2) is 4.79 Å². The number of carbonyl (C=O) groups excluding carboxylic acids is 1. The highest BCUT2D eigenvalue weighted by Gasteiger charge is 2.22. The fourth-order valence-corrected chi connectivity index (χ4v) is 3.77. The maximum atomic E-state index is 13.4. The number of carbonyl (C=O) groups is 1. The Labute approximate surface area is 197 Å². The summed E-state index contributed by atoms with van der Waals surface area (Å²) >= 11 is 0. The fourth-order valence-electron chi connectivity index (χ4n) is 3.77. The molecule has 1 unspecified atom stereocenters. The number of aryl methyl sites for hydroxylation is 2. The van der Waals surface area contributed by atoms with Crippen LogP contribution in [0.15, 0.2) is 88.5 Å². The van der Waals surface area contributed by atoms with Gasteiger partial charge >= 0.3 is 5.69 Å². The van der Waals surface area contributed by atoms with Crippen molar-refractivity contribution in [3.63, 3.8) is 0 Å². The highest BCUT2D eigenvalue weighted by molar-refractivity contribution is 5.92. The van der Waals surface area contributed by atoms with Crippen molar-refractivity contribution < 1.29 is 4.79 Å². The van der Waals surface area contributed by atoms with E-state index in [9.17, 15) is 14.4 Å². The molecule has 1 atom stereocenters. The first-order valence-corrected chi connectivity index (χ1v) is 11.1. The third-order valence-electron chi connectivity index (χ3n) is 5.76. The Morgan fingerprint density at radius 2 is 1.65 bits per heavy atom. The first kappa shape index (κ1) is 22.9. The van der Waals surface area contributed by atoms with E-state index in [-0.39, 0.29) is 18.3 Å². The number of amides is 1. The maximum Gasteiger partial charge on any atom is 0.352 e. The first-order chi connectivity index (χ1) is 16.3. The van der Waals surface area contributed by atoms with Crippen LogP contribution in [0.5, 0.6) is 0 Å². The van der Waals surface area contributed by atoms with Gasteiger partial charge < -0.3 is 5.32 Å². The number of hydrogen-bond donors (Lipinski definition) is 1. The van der Waals surface area contributed by atoms with Crippen LogP contribution in [-0.2, 0) is 6.54 Å². The average molecular weight is 455 g/mol. The summed E-state index contributed by atoms with van der Waals surface area (Å²) in [6.07, 6.45) is 0. The van der Waals surface area contributed by atoms with Gasteiger partial charge in [0, 0.05) is 0 Å². The largest absolute Gasteiger partial charge is 0.352 e. The van der Waals surface area contributed by atoms with E-state index in [1.807, 2.05) is 81.4 Å². The summed E-state index contributed by atoms with van der Waals surface area (Å²) in [5, 5.41) is 7.05. The van der Waals surface area contributed by atoms with Crippen LogP contribution in [0.2, 0.25) is 0 Å². The maximum absolute atomic E-state index is 13.4. The minimum Gasteiger partial charge on any atom is -0.344 e. The molecule has 0 bridgehead atoms. The van der Waals surface area contributed by atoms with Crippen molar-refractivity contribution in [2.45, 2.75) is 33.4 Å². The molecule has 0 saturated carbocycles. The van der Waals surface area contributed by atoms with Crippen molar-refractivity contribution in [2.75, 3.05) is 0 Å². The SMILES string of the molecule is Cc1cccc(-n2nc(C(=O)NC(C)c3ccccc3)c(=O)n(Cc3ccccc3C)c2=O)c1. The molecule has 1 heterocycles. The molecule has 7 heteroatoms. The lowest BCUT2D eigenvalue weighted by atomic mass is 10.1. The minimum absolute atomic E-state index is 0.0349. The van der Waals surface area contributed by atoms with E-state index in [1.54, 1.807) is 18.2 Å². The number of benzene rings is 3. The molecule has 0 saturated heterocycles. The summed E-state index contributed by atoms with van der Waals surface area (Å²) in [5.41, 5.74) is 2.38. The van der Waals surface area contributed by atoms with Crippen molar-refractivity contribution in [1.82, 2.24) is 19.7 Å². The Balaban J connectivity index is 1.83. The van der Waals surface area contributed by atoms with Crippen molar-refractivity contribution in [3.05, 3.63) is 128 Å². The Kier molecular flexibility index (Phi) is 6.54. The van der Waals surface area contributed by atoms with Crippen LogP contribution in [0.4, 0.5) is 0 Å². The van der Waals surface area contributed by atoms with E-state index in [2.05, 4.69) is 10.4 Å². The summed E-state index contributed by atoms with van der Waals surface area (Å²) in [6.45, 7) is 5.67. The molecule has 7 nitrogen and oxygen atoms in total. The molecule has 1 amide bonds. The molecule has 4 aromatic rings. The molecule has 1 N–H and O–H groups in total. The predicted molar refractivity (Wildman–Crippen MR) is 131 cm³/mol. The monoisotopic (exact) mass is 454 g/mol. The summed E-state index contributed by atoms with van der Waals surface area (Å²) in [6, 6.07) is 23.8. The van der Waals surface area contributed by atoms with Gasteiger partial charge in [0.25, 0.3) is 11.5 Å². The van der Waals surface area contributed by atoms with E-state index < -0.39 is 17.2 Å². The number of nitrogens with zero attached hydrogens (tertiary/aromatic N) is 3. The van der Waals surface area contributed by atoms with Gasteiger partial charge in [-0.2, -0.15) is 9.78 Å². The molecule has 34 heavy (non-hydrogen) atoms. The van der Waals surface area contributed by atoms with Crippen LogP contribution in [0, 0.1) is 13.8 Å². The topological polar surface area (TPSA) is 86.0 Å². The summed E-state index contributed by atoms with van der Waals surface area (Å²) in [4.78, 5) is 39.9. The van der Waals surface area contributed by atoms with Crippen LogP contribution >= 0.6 is 0 Å². The summed E-state index contributed by atoms with van der Waals surface area (Å²) < 4.78 is 2.19. The van der Waals surface area contributed by atoms with Crippen LogP contribution in [-0.4, -0.2) is 20.3 Å². The Morgan fingerprint density at radius 3 is 2.35 bits per heavy atom. The lowest BCUT2D eigenvalue weighted by Gasteiger charge is -2.16. The molecule has 1 aromatic heterocycles. The van der Waals surface area contributed by atoms with E-state index in [4.69, 9.17) is 0 Å². The molecular formula is C27H26N4O3. The Hall–Kier alpha value is -4.26. The van der Waals surface area contributed by atoms with Gasteiger partial charge in [-0.15, -0.1) is 0 Å². The molecule has 0 aliphatic rings. The van der Waals surface area contributed by atoms with E-state index in [0.29, 0.717) is 5.69 Å². The molecule has 3 aromatic carbocycles. The van der Waals surface area contributed by atoms with Gasteiger partial charge in [0.05, 0.1) is 18.3 Å². The van der Waals surface area contributed by atoms with E-state index >= 15 is 0 Å². The Bertz CT molecular complexity index is 1450. The second-order valence-electron chi connectivity index (χ2n) is 8.31. The van der Waals surface area contributed by atoms with Gasteiger partial charge in [-0.05, 0) is 55.2 Å². The Morgan fingerprint density at radius 1 is 0.941 bits per heavy atom.